The van der Waals surface area contributed by atoms with Crippen molar-refractivity contribution in [2.24, 2.45) is 0 Å². The van der Waals surface area contributed by atoms with E-state index < -0.39 is 28.4 Å². The molecule has 0 amide bonds. The number of hydrogen-bond acceptors (Lipinski definition) is 2. The Bertz CT molecular complexity index is 383. The second kappa shape index (κ2) is 3.95. The molecule has 1 rings (SSSR count). The minimum Gasteiger partial charge on any atom is -0.258 e. The molecule has 0 fully saturated rings. The Hall–Kier alpha value is -1.11. The lowest BCUT2D eigenvalue weighted by molar-refractivity contribution is -0.386. The Balaban J connectivity index is 3.39. The highest BCUT2D eigenvalue weighted by molar-refractivity contribution is 9.10. The molecule has 1 aromatic rings. The number of benzene rings is 1. The predicted octanol–water partition coefficient (Wildman–Crippen LogP) is 3.43. The second-order valence-electron chi connectivity index (χ2n) is 2.38. The molecule has 3 nitrogen and oxygen atoms in total. The van der Waals surface area contributed by atoms with Crippen molar-refractivity contribution in [1.82, 2.24) is 0 Å². The fourth-order valence-electron chi connectivity index (χ4n) is 0.885. The van der Waals surface area contributed by atoms with Gasteiger partial charge < -0.3 is 0 Å². The van der Waals surface area contributed by atoms with Crippen molar-refractivity contribution in [3.63, 3.8) is 0 Å². The molecule has 0 heterocycles. The summed E-state index contributed by atoms with van der Waals surface area (Å²) in [5.41, 5.74) is -1.72. The van der Waals surface area contributed by atoms with Gasteiger partial charge in [-0.1, -0.05) is 0 Å². The van der Waals surface area contributed by atoms with E-state index in [1.807, 2.05) is 0 Å². The minimum atomic E-state index is -3.01. The Kier molecular flexibility index (Phi) is 3.10. The fraction of sp³-hybridized carbons (Fsp3) is 0.143. The highest BCUT2D eigenvalue weighted by atomic mass is 79.9. The van der Waals surface area contributed by atoms with E-state index in [-0.39, 0.29) is 4.47 Å². The molecular weight excluding hydrogens is 267 g/mol. The van der Waals surface area contributed by atoms with Gasteiger partial charge in [0.2, 0.25) is 0 Å². The van der Waals surface area contributed by atoms with Crippen LogP contribution in [-0.2, 0) is 0 Å². The molecule has 76 valence electrons. The van der Waals surface area contributed by atoms with Gasteiger partial charge in [-0.25, -0.2) is 13.2 Å². The Morgan fingerprint density at radius 2 is 2.00 bits per heavy atom. The zero-order valence-electron chi connectivity index (χ0n) is 6.51. The number of halogens is 4. The number of rotatable bonds is 2. The van der Waals surface area contributed by atoms with Crippen LogP contribution in [0.3, 0.4) is 0 Å². The first-order chi connectivity index (χ1) is 6.43. The van der Waals surface area contributed by atoms with Crippen LogP contribution in [0.25, 0.3) is 0 Å². The average Bonchev–Trinajstić information content (AvgIpc) is 2.08. The van der Waals surface area contributed by atoms with Crippen molar-refractivity contribution in [2.75, 3.05) is 0 Å². The van der Waals surface area contributed by atoms with Crippen LogP contribution in [0.1, 0.15) is 12.0 Å². The molecule has 0 saturated heterocycles. The van der Waals surface area contributed by atoms with Crippen molar-refractivity contribution in [2.45, 2.75) is 6.43 Å². The van der Waals surface area contributed by atoms with Gasteiger partial charge in [0, 0.05) is 0 Å². The van der Waals surface area contributed by atoms with E-state index in [1.165, 1.54) is 0 Å². The summed E-state index contributed by atoms with van der Waals surface area (Å²) in [6, 6.07) is 1.17. The number of nitrogens with zero attached hydrogens (tertiary/aromatic N) is 1. The van der Waals surface area contributed by atoms with Gasteiger partial charge in [-0.3, -0.25) is 10.1 Å². The van der Waals surface area contributed by atoms with Crippen molar-refractivity contribution < 1.29 is 18.1 Å². The molecule has 0 bridgehead atoms. The summed E-state index contributed by atoms with van der Waals surface area (Å²) in [6.07, 6.45) is -3.01. The van der Waals surface area contributed by atoms with E-state index in [0.717, 1.165) is 0 Å². The van der Waals surface area contributed by atoms with Gasteiger partial charge in [0.05, 0.1) is 21.0 Å². The zero-order valence-corrected chi connectivity index (χ0v) is 8.09. The van der Waals surface area contributed by atoms with Crippen molar-refractivity contribution in [3.05, 3.63) is 38.1 Å². The van der Waals surface area contributed by atoms with Crippen LogP contribution in [0.15, 0.2) is 16.6 Å². The molecule has 0 unspecified atom stereocenters. The van der Waals surface area contributed by atoms with Crippen molar-refractivity contribution in [1.29, 1.82) is 0 Å². The molecule has 0 atom stereocenters. The van der Waals surface area contributed by atoms with E-state index in [4.69, 9.17) is 0 Å². The first kappa shape index (κ1) is 11.0. The van der Waals surface area contributed by atoms with Gasteiger partial charge in [-0.05, 0) is 22.0 Å². The first-order valence-corrected chi connectivity index (χ1v) is 4.14. The lowest BCUT2D eigenvalue weighted by Gasteiger charge is -2.02. The number of nitro groups is 1. The molecule has 0 aliphatic heterocycles. The van der Waals surface area contributed by atoms with Crippen LogP contribution in [0.4, 0.5) is 18.9 Å². The standard InChI is InChI=1S/C7H3BrF3NO2/c8-4-1-3(7(10)11)6(12(13)14)2-5(4)9/h1-2,7H. The van der Waals surface area contributed by atoms with E-state index in [0.29, 0.717) is 12.1 Å². The third kappa shape index (κ3) is 2.03. The van der Waals surface area contributed by atoms with Crippen LogP contribution in [-0.4, -0.2) is 4.92 Å². The van der Waals surface area contributed by atoms with Crippen LogP contribution < -0.4 is 0 Å². The summed E-state index contributed by atoms with van der Waals surface area (Å²) < 4.78 is 37.1. The minimum absolute atomic E-state index is 0.224. The molecule has 0 aliphatic carbocycles. The van der Waals surface area contributed by atoms with Gasteiger partial charge >= 0.3 is 0 Å². The van der Waals surface area contributed by atoms with E-state index in [9.17, 15) is 23.3 Å². The summed E-state index contributed by atoms with van der Waals surface area (Å²) in [4.78, 5) is 9.24. The first-order valence-electron chi connectivity index (χ1n) is 3.35. The molecule has 0 N–H and O–H groups in total. The SMILES string of the molecule is O=[N+]([O-])c1cc(F)c(Br)cc1C(F)F. The molecule has 0 aliphatic rings. The van der Waals surface area contributed by atoms with Crippen molar-refractivity contribution in [3.8, 4) is 0 Å². The Labute approximate surface area is 84.8 Å². The molecule has 14 heavy (non-hydrogen) atoms. The maximum absolute atomic E-state index is 12.8. The molecule has 7 heteroatoms. The summed E-state index contributed by atoms with van der Waals surface area (Å²) >= 11 is 2.67. The van der Waals surface area contributed by atoms with Crippen LogP contribution >= 0.6 is 15.9 Å². The lowest BCUT2D eigenvalue weighted by Crippen LogP contribution is -1.97. The maximum Gasteiger partial charge on any atom is 0.281 e. The number of nitro benzene ring substituents is 1. The third-order valence-corrected chi connectivity index (χ3v) is 2.11. The topological polar surface area (TPSA) is 43.1 Å². The molecular formula is C7H3BrF3NO2. The molecule has 1 aromatic carbocycles. The number of alkyl halides is 2. The van der Waals surface area contributed by atoms with Crippen molar-refractivity contribution >= 4 is 21.6 Å². The van der Waals surface area contributed by atoms with E-state index >= 15 is 0 Å². The summed E-state index contributed by atoms with van der Waals surface area (Å²) in [5, 5.41) is 10.3. The highest BCUT2D eigenvalue weighted by Crippen LogP contribution is 2.32. The molecule has 0 spiro atoms. The second-order valence-corrected chi connectivity index (χ2v) is 3.24. The summed E-state index contributed by atoms with van der Waals surface area (Å²) in [5.74, 6) is -0.943. The predicted molar refractivity (Wildman–Crippen MR) is 45.7 cm³/mol. The van der Waals surface area contributed by atoms with E-state index in [1.54, 1.807) is 0 Å². The zero-order chi connectivity index (χ0) is 10.9. The smallest absolute Gasteiger partial charge is 0.258 e. The van der Waals surface area contributed by atoms with Crippen LogP contribution in [0.2, 0.25) is 0 Å². The van der Waals surface area contributed by atoms with Gasteiger partial charge in [-0.2, -0.15) is 0 Å². The quantitative estimate of drug-likeness (QED) is 0.610. The highest BCUT2D eigenvalue weighted by Gasteiger charge is 2.23. The average molecular weight is 270 g/mol. The summed E-state index contributed by atoms with van der Waals surface area (Å²) in [7, 11) is 0. The van der Waals surface area contributed by atoms with Crippen LogP contribution in [0, 0.1) is 15.9 Å². The Morgan fingerprint density at radius 1 is 1.43 bits per heavy atom. The largest absolute Gasteiger partial charge is 0.281 e. The van der Waals surface area contributed by atoms with Gasteiger partial charge in [0.25, 0.3) is 12.1 Å². The van der Waals surface area contributed by atoms with Gasteiger partial charge in [0.1, 0.15) is 5.82 Å². The third-order valence-electron chi connectivity index (χ3n) is 1.50. The fourth-order valence-corrected chi connectivity index (χ4v) is 1.25. The summed E-state index contributed by atoms with van der Waals surface area (Å²) in [6.45, 7) is 0. The molecule has 0 radical (unpaired) electrons. The molecule has 0 aromatic heterocycles. The van der Waals surface area contributed by atoms with Gasteiger partial charge in [0.15, 0.2) is 0 Å². The maximum atomic E-state index is 12.8. The normalized spacial score (nSPS) is 10.6. The number of hydrogen-bond donors (Lipinski definition) is 0. The lowest BCUT2D eigenvalue weighted by atomic mass is 10.2. The molecule has 0 saturated carbocycles. The van der Waals surface area contributed by atoms with E-state index in [2.05, 4.69) is 15.9 Å². The monoisotopic (exact) mass is 269 g/mol. The van der Waals surface area contributed by atoms with Gasteiger partial charge in [-0.15, -0.1) is 0 Å². The Morgan fingerprint density at radius 3 is 2.43 bits per heavy atom. The van der Waals surface area contributed by atoms with Crippen LogP contribution in [0.5, 0.6) is 0 Å².